The van der Waals surface area contributed by atoms with Crippen molar-refractivity contribution in [2.75, 3.05) is 23.7 Å². The lowest BCUT2D eigenvalue weighted by Crippen LogP contribution is -2.42. The van der Waals surface area contributed by atoms with Crippen LogP contribution in [0.4, 0.5) is 5.69 Å². The molecule has 0 atom stereocenters. The Hall–Kier alpha value is -2.09. The van der Waals surface area contributed by atoms with Crippen LogP contribution in [-0.2, 0) is 26.0 Å². The smallest absolute Gasteiger partial charge is 0.338 e. The van der Waals surface area contributed by atoms with Crippen molar-refractivity contribution in [2.45, 2.75) is 39.2 Å². The lowest BCUT2D eigenvalue weighted by Gasteiger charge is -2.29. The molecule has 0 aromatic heterocycles. The Morgan fingerprint density at radius 1 is 1.28 bits per heavy atom. The predicted molar refractivity (Wildman–Crippen MR) is 95.1 cm³/mol. The van der Waals surface area contributed by atoms with Crippen LogP contribution in [-0.4, -0.2) is 45.2 Å². The minimum absolute atomic E-state index is 0.303. The Bertz CT molecular complexity index is 781. The molecule has 0 saturated carbocycles. The van der Waals surface area contributed by atoms with Gasteiger partial charge in [-0.1, -0.05) is 0 Å². The van der Waals surface area contributed by atoms with Crippen molar-refractivity contribution in [1.29, 1.82) is 0 Å². The number of benzene rings is 1. The number of sulfonamides is 1. The van der Waals surface area contributed by atoms with E-state index in [9.17, 15) is 18.0 Å². The Morgan fingerprint density at radius 2 is 1.96 bits per heavy atom. The molecule has 1 aliphatic rings. The normalized spacial score (nSPS) is 14.6. The van der Waals surface area contributed by atoms with Crippen molar-refractivity contribution in [3.8, 4) is 0 Å². The van der Waals surface area contributed by atoms with Crippen molar-refractivity contribution in [1.82, 2.24) is 5.32 Å². The minimum atomic E-state index is -3.35. The molecule has 1 heterocycles. The molecule has 1 aliphatic heterocycles. The molecule has 1 amide bonds. The summed E-state index contributed by atoms with van der Waals surface area (Å²) < 4.78 is 30.1. The van der Waals surface area contributed by atoms with Crippen molar-refractivity contribution in [3.05, 3.63) is 29.3 Å². The second-order valence-corrected chi connectivity index (χ2v) is 9.06. The van der Waals surface area contributed by atoms with E-state index in [1.54, 1.807) is 12.1 Å². The number of carbonyl (C=O) groups excluding carboxylic acids is 2. The standard InChI is InChI=1S/C17H24N2O5S/c1-17(2,3)18-15(20)11-24-16(21)13-7-8-14-12(10-13)6-5-9-19(14)25(4,22)23/h7-8,10H,5-6,9,11H2,1-4H3,(H,18,20). The Kier molecular flexibility index (Phi) is 5.41. The van der Waals surface area contributed by atoms with Gasteiger partial charge in [0.1, 0.15) is 0 Å². The number of nitrogens with zero attached hydrogens (tertiary/aromatic N) is 1. The van der Waals surface area contributed by atoms with Gasteiger partial charge in [0.15, 0.2) is 6.61 Å². The Labute approximate surface area is 148 Å². The highest BCUT2D eigenvalue weighted by molar-refractivity contribution is 7.92. The van der Waals surface area contributed by atoms with Gasteiger partial charge in [0, 0.05) is 12.1 Å². The molecule has 1 aromatic rings. The number of rotatable bonds is 4. The number of ether oxygens (including phenoxy) is 1. The van der Waals surface area contributed by atoms with Crippen LogP contribution in [0.2, 0.25) is 0 Å². The predicted octanol–water partition coefficient (Wildman–Crippen LogP) is 1.47. The highest BCUT2D eigenvalue weighted by Gasteiger charge is 2.25. The molecule has 0 radical (unpaired) electrons. The molecule has 0 saturated heterocycles. The summed E-state index contributed by atoms with van der Waals surface area (Å²) in [6, 6.07) is 4.77. The topological polar surface area (TPSA) is 92.8 Å². The number of esters is 1. The molecule has 25 heavy (non-hydrogen) atoms. The zero-order chi connectivity index (χ0) is 18.8. The van der Waals surface area contributed by atoms with Crippen LogP contribution in [0, 0.1) is 0 Å². The second-order valence-electron chi connectivity index (χ2n) is 7.16. The summed E-state index contributed by atoms with van der Waals surface area (Å²) >= 11 is 0. The first-order chi connectivity index (χ1) is 11.5. The quantitative estimate of drug-likeness (QED) is 0.813. The molecular weight excluding hydrogens is 344 g/mol. The molecule has 0 spiro atoms. The number of carbonyl (C=O) groups is 2. The summed E-state index contributed by atoms with van der Waals surface area (Å²) in [7, 11) is -3.35. The maximum Gasteiger partial charge on any atom is 0.338 e. The van der Waals surface area contributed by atoms with Crippen LogP contribution in [0.25, 0.3) is 0 Å². The van der Waals surface area contributed by atoms with E-state index < -0.39 is 21.5 Å². The van der Waals surface area contributed by atoms with Gasteiger partial charge in [-0.2, -0.15) is 0 Å². The number of amides is 1. The van der Waals surface area contributed by atoms with E-state index in [4.69, 9.17) is 4.74 Å². The summed E-state index contributed by atoms with van der Waals surface area (Å²) in [5.74, 6) is -0.981. The van der Waals surface area contributed by atoms with Crippen molar-refractivity contribution < 1.29 is 22.7 Å². The molecule has 1 N–H and O–H groups in total. The van der Waals surface area contributed by atoms with Crippen molar-refractivity contribution in [2.24, 2.45) is 0 Å². The third-order valence-corrected chi connectivity index (χ3v) is 4.82. The molecule has 2 rings (SSSR count). The molecule has 0 aliphatic carbocycles. The average Bonchev–Trinajstić information content (AvgIpc) is 2.48. The molecule has 0 unspecified atom stereocenters. The van der Waals surface area contributed by atoms with Crippen LogP contribution >= 0.6 is 0 Å². The van der Waals surface area contributed by atoms with Crippen LogP contribution in [0.5, 0.6) is 0 Å². The number of hydrogen-bond acceptors (Lipinski definition) is 5. The van der Waals surface area contributed by atoms with Crippen LogP contribution < -0.4 is 9.62 Å². The number of anilines is 1. The number of hydrogen-bond donors (Lipinski definition) is 1. The van der Waals surface area contributed by atoms with Gasteiger partial charge in [-0.3, -0.25) is 9.10 Å². The first kappa shape index (κ1) is 19.2. The van der Waals surface area contributed by atoms with E-state index in [1.807, 2.05) is 20.8 Å². The van der Waals surface area contributed by atoms with Gasteiger partial charge >= 0.3 is 5.97 Å². The van der Waals surface area contributed by atoms with E-state index in [2.05, 4.69) is 5.32 Å². The zero-order valence-corrected chi connectivity index (χ0v) is 15.8. The average molecular weight is 368 g/mol. The molecular formula is C17H24N2O5S. The highest BCUT2D eigenvalue weighted by atomic mass is 32.2. The van der Waals surface area contributed by atoms with E-state index in [1.165, 1.54) is 10.4 Å². The lowest BCUT2D eigenvalue weighted by atomic mass is 10.0. The summed E-state index contributed by atoms with van der Waals surface area (Å²) in [5.41, 5.74) is 1.28. The maximum atomic E-state index is 12.1. The first-order valence-corrected chi connectivity index (χ1v) is 9.91. The van der Waals surface area contributed by atoms with Crippen molar-refractivity contribution >= 4 is 27.6 Å². The minimum Gasteiger partial charge on any atom is -0.452 e. The van der Waals surface area contributed by atoms with Crippen LogP contribution in [0.15, 0.2) is 18.2 Å². The van der Waals surface area contributed by atoms with Crippen LogP contribution in [0.3, 0.4) is 0 Å². The fourth-order valence-corrected chi connectivity index (χ4v) is 3.70. The van der Waals surface area contributed by atoms with E-state index in [-0.39, 0.29) is 12.5 Å². The van der Waals surface area contributed by atoms with Crippen LogP contribution in [0.1, 0.15) is 43.1 Å². The second kappa shape index (κ2) is 7.03. The van der Waals surface area contributed by atoms with Gasteiger partial charge in [0.25, 0.3) is 5.91 Å². The zero-order valence-electron chi connectivity index (χ0n) is 15.0. The third-order valence-electron chi connectivity index (χ3n) is 3.64. The Morgan fingerprint density at radius 3 is 2.56 bits per heavy atom. The number of aryl methyl sites for hydroxylation is 1. The van der Waals surface area contributed by atoms with E-state index >= 15 is 0 Å². The third kappa shape index (κ3) is 5.19. The highest BCUT2D eigenvalue weighted by Crippen LogP contribution is 2.30. The summed E-state index contributed by atoms with van der Waals surface area (Å²) in [4.78, 5) is 23.9. The molecule has 7 nitrogen and oxygen atoms in total. The number of nitrogens with one attached hydrogen (secondary N) is 1. The largest absolute Gasteiger partial charge is 0.452 e. The molecule has 0 bridgehead atoms. The van der Waals surface area contributed by atoms with Gasteiger partial charge in [-0.15, -0.1) is 0 Å². The molecule has 0 fully saturated rings. The van der Waals surface area contributed by atoms with Crippen molar-refractivity contribution in [3.63, 3.8) is 0 Å². The van der Waals surface area contributed by atoms with Gasteiger partial charge < -0.3 is 10.1 Å². The monoisotopic (exact) mass is 368 g/mol. The maximum absolute atomic E-state index is 12.1. The fourth-order valence-electron chi connectivity index (χ4n) is 2.70. The van der Waals surface area contributed by atoms with Gasteiger partial charge in [-0.05, 0) is 57.4 Å². The van der Waals surface area contributed by atoms with E-state index in [0.29, 0.717) is 30.6 Å². The van der Waals surface area contributed by atoms with Gasteiger partial charge in [0.05, 0.1) is 17.5 Å². The summed E-state index contributed by atoms with van der Waals surface area (Å²) in [6.07, 6.45) is 2.54. The first-order valence-electron chi connectivity index (χ1n) is 8.06. The number of fused-ring (bicyclic) bond motifs is 1. The molecule has 8 heteroatoms. The molecule has 138 valence electrons. The molecule has 1 aromatic carbocycles. The summed E-state index contributed by atoms with van der Waals surface area (Å²) in [5, 5.41) is 2.71. The SMILES string of the molecule is CC(C)(C)NC(=O)COC(=O)c1ccc2c(c1)CCCN2S(C)(=O)=O. The Balaban J connectivity index is 2.09. The fraction of sp³-hybridized carbons (Fsp3) is 0.529. The van der Waals surface area contributed by atoms with Gasteiger partial charge in [-0.25, -0.2) is 13.2 Å². The lowest BCUT2D eigenvalue weighted by molar-refractivity contribution is -0.125. The van der Waals surface area contributed by atoms with Gasteiger partial charge in [0.2, 0.25) is 10.0 Å². The van der Waals surface area contributed by atoms with E-state index in [0.717, 1.165) is 11.8 Å². The summed E-state index contributed by atoms with van der Waals surface area (Å²) in [6.45, 7) is 5.59.